The van der Waals surface area contributed by atoms with Gasteiger partial charge in [-0.3, -0.25) is 0 Å². The number of nitrogens with two attached hydrogens (primary N) is 2. The van der Waals surface area contributed by atoms with Crippen molar-refractivity contribution >= 4 is 16.9 Å². The van der Waals surface area contributed by atoms with Crippen LogP contribution < -0.4 is 11.6 Å². The van der Waals surface area contributed by atoms with Crippen molar-refractivity contribution in [2.24, 2.45) is 16.7 Å². The Bertz CT molecular complexity index is 130. The van der Waals surface area contributed by atoms with Crippen LogP contribution in [0.3, 0.4) is 0 Å². The van der Waals surface area contributed by atoms with Gasteiger partial charge in [-0.05, 0) is 6.92 Å². The van der Waals surface area contributed by atoms with E-state index in [1.807, 2.05) is 6.92 Å². The van der Waals surface area contributed by atoms with Crippen LogP contribution in [0.4, 0.5) is 0 Å². The quantitative estimate of drug-likeness (QED) is 0.195. The molecule has 3 nitrogen and oxygen atoms in total. The van der Waals surface area contributed by atoms with Crippen LogP contribution in [0.25, 0.3) is 0 Å². The zero-order valence-electron chi connectivity index (χ0n) is 5.42. The predicted molar refractivity (Wildman–Crippen MR) is 43.1 cm³/mol. The summed E-state index contributed by atoms with van der Waals surface area (Å²) in [7, 11) is 0. The monoisotopic (exact) mass is 145 g/mol. The summed E-state index contributed by atoms with van der Waals surface area (Å²) in [5, 5.41) is 3.68. The molecule has 0 rings (SSSR count). The summed E-state index contributed by atoms with van der Waals surface area (Å²) >= 11 is 1.39. The van der Waals surface area contributed by atoms with Crippen molar-refractivity contribution in [2.45, 2.75) is 6.92 Å². The van der Waals surface area contributed by atoms with E-state index < -0.39 is 0 Å². The second kappa shape index (κ2) is 4.26. The first-order chi connectivity index (χ1) is 4.16. The summed E-state index contributed by atoms with van der Waals surface area (Å²) in [6.07, 6.45) is 0. The lowest BCUT2D eigenvalue weighted by Gasteiger charge is -1.95. The minimum Gasteiger partial charge on any atom is -0.377 e. The summed E-state index contributed by atoms with van der Waals surface area (Å²) in [6, 6.07) is 0. The lowest BCUT2D eigenvalue weighted by molar-refractivity contribution is 1.25. The second-order valence-corrected chi connectivity index (χ2v) is 2.71. The van der Waals surface area contributed by atoms with Crippen molar-refractivity contribution in [1.29, 1.82) is 0 Å². The highest BCUT2D eigenvalue weighted by atomic mass is 32.2. The van der Waals surface area contributed by atoms with Gasteiger partial charge in [0.05, 0.1) is 0 Å². The maximum Gasteiger partial charge on any atom is 0.177 e. The minimum atomic E-state index is 0.401. The molecule has 0 radical (unpaired) electrons. The zero-order valence-corrected chi connectivity index (χ0v) is 6.24. The normalized spacial score (nSPS) is 11.4. The number of amidine groups is 1. The van der Waals surface area contributed by atoms with E-state index in [1.165, 1.54) is 11.8 Å². The van der Waals surface area contributed by atoms with Gasteiger partial charge in [0.2, 0.25) is 0 Å². The van der Waals surface area contributed by atoms with Gasteiger partial charge in [-0.25, -0.2) is 0 Å². The molecule has 4 N–H and O–H groups in total. The molecule has 0 bridgehead atoms. The molecule has 0 aliphatic heterocycles. The van der Waals surface area contributed by atoms with Gasteiger partial charge in [-0.15, -0.1) is 0 Å². The standard InChI is InChI=1S/C5H11N3S/c1-4(2)3-9-5(6)8-7/h1,3,7H2,2H3,(H2,6,8). The fraction of sp³-hybridized carbons (Fsp3) is 0.400. The molecule has 0 aromatic rings. The predicted octanol–water partition coefficient (Wildman–Crippen LogP) is 0.484. The maximum atomic E-state index is 5.27. The molecule has 0 saturated carbocycles. The fourth-order valence-electron chi connectivity index (χ4n) is 0.234. The highest BCUT2D eigenvalue weighted by Crippen LogP contribution is 2.03. The largest absolute Gasteiger partial charge is 0.377 e. The zero-order chi connectivity index (χ0) is 7.28. The van der Waals surface area contributed by atoms with Crippen LogP contribution in [0.2, 0.25) is 0 Å². The minimum absolute atomic E-state index is 0.401. The molecule has 0 atom stereocenters. The van der Waals surface area contributed by atoms with Gasteiger partial charge in [0, 0.05) is 5.75 Å². The topological polar surface area (TPSA) is 64.4 Å². The van der Waals surface area contributed by atoms with Crippen molar-refractivity contribution in [3.05, 3.63) is 12.2 Å². The van der Waals surface area contributed by atoms with Crippen molar-refractivity contribution < 1.29 is 0 Å². The second-order valence-electron chi connectivity index (χ2n) is 1.71. The summed E-state index contributed by atoms with van der Waals surface area (Å²) in [4.78, 5) is 0. The molecule has 4 heteroatoms. The molecule has 0 fully saturated rings. The first-order valence-electron chi connectivity index (χ1n) is 2.47. The number of nitrogens with zero attached hydrogens (tertiary/aromatic N) is 1. The van der Waals surface area contributed by atoms with E-state index in [2.05, 4.69) is 11.7 Å². The Kier molecular flexibility index (Phi) is 3.96. The molecular formula is C5H11N3S. The third-order valence-electron chi connectivity index (χ3n) is 0.594. The average molecular weight is 145 g/mol. The van der Waals surface area contributed by atoms with Gasteiger partial charge < -0.3 is 11.6 Å². The van der Waals surface area contributed by atoms with Crippen LogP contribution in [-0.2, 0) is 0 Å². The third kappa shape index (κ3) is 5.23. The van der Waals surface area contributed by atoms with Gasteiger partial charge in [0.25, 0.3) is 0 Å². The summed E-state index contributed by atoms with van der Waals surface area (Å²) < 4.78 is 0. The maximum absolute atomic E-state index is 5.27. The smallest absolute Gasteiger partial charge is 0.177 e. The molecule has 0 aliphatic rings. The summed E-state index contributed by atoms with van der Waals surface area (Å²) in [5.74, 6) is 5.65. The van der Waals surface area contributed by atoms with E-state index in [0.717, 1.165) is 11.3 Å². The molecule has 0 aliphatic carbocycles. The van der Waals surface area contributed by atoms with Gasteiger partial charge in [0.1, 0.15) is 0 Å². The van der Waals surface area contributed by atoms with Crippen LogP contribution in [0.1, 0.15) is 6.92 Å². The van der Waals surface area contributed by atoms with Gasteiger partial charge in [0.15, 0.2) is 5.17 Å². The van der Waals surface area contributed by atoms with Crippen LogP contribution in [0.15, 0.2) is 17.3 Å². The number of hydrazone groups is 1. The molecule has 0 aromatic heterocycles. The molecule has 52 valence electrons. The number of thioether (sulfide) groups is 1. The average Bonchev–Trinajstić information content (AvgIpc) is 1.83. The molecule has 0 heterocycles. The molecule has 0 saturated heterocycles. The Labute approximate surface area is 59.2 Å². The Hall–Kier alpha value is -0.640. The molecule has 0 spiro atoms. The molecular weight excluding hydrogens is 134 g/mol. The highest BCUT2D eigenvalue weighted by Gasteiger charge is 1.90. The highest BCUT2D eigenvalue weighted by molar-refractivity contribution is 8.13. The first kappa shape index (κ1) is 8.36. The number of hydrogen-bond donors (Lipinski definition) is 2. The van der Waals surface area contributed by atoms with Gasteiger partial charge in [-0.1, -0.05) is 23.9 Å². The Morgan fingerprint density at radius 3 is 2.67 bits per heavy atom. The summed E-state index contributed by atoms with van der Waals surface area (Å²) in [6.45, 7) is 5.62. The van der Waals surface area contributed by atoms with Crippen LogP contribution in [-0.4, -0.2) is 10.9 Å². The van der Waals surface area contributed by atoms with E-state index in [1.54, 1.807) is 0 Å². The molecule has 0 aromatic carbocycles. The third-order valence-corrected chi connectivity index (χ3v) is 1.63. The van der Waals surface area contributed by atoms with Crippen LogP contribution in [0.5, 0.6) is 0 Å². The Morgan fingerprint density at radius 1 is 1.78 bits per heavy atom. The van der Waals surface area contributed by atoms with Gasteiger partial charge >= 0.3 is 0 Å². The fourth-order valence-corrected chi connectivity index (χ4v) is 0.703. The SMILES string of the molecule is C=C(C)CSC(N)=NN. The van der Waals surface area contributed by atoms with Crippen molar-refractivity contribution in [3.8, 4) is 0 Å². The lowest BCUT2D eigenvalue weighted by atomic mass is 10.4. The van der Waals surface area contributed by atoms with Gasteiger partial charge in [-0.2, -0.15) is 5.10 Å². The lowest BCUT2D eigenvalue weighted by Crippen LogP contribution is -2.09. The van der Waals surface area contributed by atoms with E-state index in [9.17, 15) is 0 Å². The number of hydrogen-bond acceptors (Lipinski definition) is 3. The van der Waals surface area contributed by atoms with E-state index in [0.29, 0.717) is 5.17 Å². The number of rotatable bonds is 2. The van der Waals surface area contributed by atoms with Crippen molar-refractivity contribution in [1.82, 2.24) is 0 Å². The van der Waals surface area contributed by atoms with Crippen molar-refractivity contribution in [3.63, 3.8) is 0 Å². The molecule has 0 amide bonds. The van der Waals surface area contributed by atoms with E-state index in [-0.39, 0.29) is 0 Å². The Balaban J connectivity index is 3.39. The Morgan fingerprint density at radius 2 is 2.33 bits per heavy atom. The van der Waals surface area contributed by atoms with E-state index in [4.69, 9.17) is 11.6 Å². The van der Waals surface area contributed by atoms with Crippen LogP contribution >= 0.6 is 11.8 Å². The first-order valence-corrected chi connectivity index (χ1v) is 3.46. The molecule has 9 heavy (non-hydrogen) atoms. The van der Waals surface area contributed by atoms with Crippen molar-refractivity contribution in [2.75, 3.05) is 5.75 Å². The van der Waals surface area contributed by atoms with Crippen LogP contribution in [0, 0.1) is 0 Å². The molecule has 0 unspecified atom stereocenters. The van der Waals surface area contributed by atoms with E-state index >= 15 is 0 Å². The summed E-state index contributed by atoms with van der Waals surface area (Å²) in [5.41, 5.74) is 6.33.